The summed E-state index contributed by atoms with van der Waals surface area (Å²) in [5, 5.41) is 0. The smallest absolute Gasteiger partial charge is 0.339 e. The van der Waals surface area contributed by atoms with Gasteiger partial charge in [-0.2, -0.15) is 0 Å². The van der Waals surface area contributed by atoms with Crippen LogP contribution in [-0.2, 0) is 9.47 Å². The van der Waals surface area contributed by atoms with Crippen molar-refractivity contribution in [3.8, 4) is 0 Å². The second-order valence-corrected chi connectivity index (χ2v) is 5.52. The molecule has 0 aromatic heterocycles. The predicted octanol–water partition coefficient (Wildman–Crippen LogP) is 4.05. The summed E-state index contributed by atoms with van der Waals surface area (Å²) in [7, 11) is 0. The Kier molecular flexibility index (Phi) is 6.60. The normalized spacial score (nSPS) is 10.5. The molecule has 0 radical (unpaired) electrons. The van der Waals surface area contributed by atoms with E-state index in [9.17, 15) is 9.59 Å². The van der Waals surface area contributed by atoms with Crippen molar-refractivity contribution in [3.05, 3.63) is 33.4 Å². The van der Waals surface area contributed by atoms with Crippen molar-refractivity contribution in [2.45, 2.75) is 54.4 Å². The van der Waals surface area contributed by atoms with Gasteiger partial charge in [0.1, 0.15) is 0 Å². The van der Waals surface area contributed by atoms with E-state index in [1.54, 1.807) is 0 Å². The molecule has 0 aliphatic carbocycles. The van der Waals surface area contributed by atoms with Gasteiger partial charge in [-0.15, -0.1) is 0 Å². The zero-order valence-corrected chi connectivity index (χ0v) is 14.5. The molecule has 0 bridgehead atoms. The van der Waals surface area contributed by atoms with Gasteiger partial charge in [0.05, 0.1) is 24.3 Å². The monoisotopic (exact) mass is 306 g/mol. The maximum atomic E-state index is 12.4. The van der Waals surface area contributed by atoms with Crippen molar-refractivity contribution >= 4 is 11.9 Å². The Morgan fingerprint density at radius 3 is 1.27 bits per heavy atom. The van der Waals surface area contributed by atoms with Gasteiger partial charge in [-0.25, -0.2) is 9.59 Å². The molecular formula is C18H26O4. The first kappa shape index (κ1) is 18.2. The number of esters is 2. The molecule has 1 aromatic rings. The summed E-state index contributed by atoms with van der Waals surface area (Å²) in [6, 6.07) is 0. The molecule has 4 heteroatoms. The van der Waals surface area contributed by atoms with Crippen molar-refractivity contribution in [1.82, 2.24) is 0 Å². The molecule has 1 aromatic carbocycles. The van der Waals surface area contributed by atoms with Crippen LogP contribution in [0, 0.1) is 27.7 Å². The van der Waals surface area contributed by atoms with E-state index in [-0.39, 0.29) is 0 Å². The molecule has 4 nitrogen and oxygen atoms in total. The molecule has 0 fully saturated rings. The van der Waals surface area contributed by atoms with E-state index in [2.05, 4.69) is 0 Å². The van der Waals surface area contributed by atoms with Crippen LogP contribution in [0.5, 0.6) is 0 Å². The maximum absolute atomic E-state index is 12.4. The molecule has 0 saturated carbocycles. The molecule has 0 heterocycles. The topological polar surface area (TPSA) is 52.6 Å². The maximum Gasteiger partial charge on any atom is 0.339 e. The third-order valence-corrected chi connectivity index (χ3v) is 3.97. The van der Waals surface area contributed by atoms with Crippen LogP contribution in [0.3, 0.4) is 0 Å². The Labute approximate surface area is 132 Å². The van der Waals surface area contributed by atoms with Crippen LogP contribution >= 0.6 is 0 Å². The van der Waals surface area contributed by atoms with E-state index in [1.807, 2.05) is 41.5 Å². The minimum absolute atomic E-state index is 0.341. The highest BCUT2D eigenvalue weighted by Gasteiger charge is 2.26. The van der Waals surface area contributed by atoms with E-state index in [0.29, 0.717) is 24.3 Å². The van der Waals surface area contributed by atoms with Gasteiger partial charge in [0.2, 0.25) is 0 Å². The summed E-state index contributed by atoms with van der Waals surface area (Å²) in [5.74, 6) is -0.900. The predicted molar refractivity (Wildman–Crippen MR) is 86.5 cm³/mol. The SMILES string of the molecule is CCCOC(=O)c1c(C)c(C)c(C)c(C)c1C(=O)OCCC. The summed E-state index contributed by atoms with van der Waals surface area (Å²) in [4.78, 5) is 24.8. The first-order valence-electron chi connectivity index (χ1n) is 7.81. The van der Waals surface area contributed by atoms with Crippen LogP contribution in [-0.4, -0.2) is 25.2 Å². The lowest BCUT2D eigenvalue weighted by Gasteiger charge is -2.19. The summed E-state index contributed by atoms with van der Waals surface area (Å²) in [5.41, 5.74) is 4.27. The zero-order chi connectivity index (χ0) is 16.9. The number of carbonyl (C=O) groups excluding carboxylic acids is 2. The average Bonchev–Trinajstić information content (AvgIpc) is 2.51. The quantitative estimate of drug-likeness (QED) is 0.744. The number of hydrogen-bond donors (Lipinski definition) is 0. The van der Waals surface area contributed by atoms with Crippen LogP contribution in [0.15, 0.2) is 0 Å². The fourth-order valence-corrected chi connectivity index (χ4v) is 2.36. The van der Waals surface area contributed by atoms with Gasteiger partial charge in [0.15, 0.2) is 0 Å². The molecule has 22 heavy (non-hydrogen) atoms. The lowest BCUT2D eigenvalue weighted by Crippen LogP contribution is -2.19. The lowest BCUT2D eigenvalue weighted by molar-refractivity contribution is 0.0456. The molecule has 0 spiro atoms. The summed E-state index contributed by atoms with van der Waals surface area (Å²) in [6.07, 6.45) is 1.48. The average molecular weight is 306 g/mol. The van der Waals surface area contributed by atoms with E-state index in [1.165, 1.54) is 0 Å². The highest BCUT2D eigenvalue weighted by molar-refractivity contribution is 6.05. The fourth-order valence-electron chi connectivity index (χ4n) is 2.36. The Morgan fingerprint density at radius 2 is 1.00 bits per heavy atom. The van der Waals surface area contributed by atoms with Crippen molar-refractivity contribution in [3.63, 3.8) is 0 Å². The van der Waals surface area contributed by atoms with Gasteiger partial charge in [0.25, 0.3) is 0 Å². The van der Waals surface area contributed by atoms with Gasteiger partial charge >= 0.3 is 11.9 Å². The van der Waals surface area contributed by atoms with Crippen LogP contribution in [0.1, 0.15) is 69.7 Å². The van der Waals surface area contributed by atoms with E-state index in [4.69, 9.17) is 9.47 Å². The van der Waals surface area contributed by atoms with Crippen LogP contribution < -0.4 is 0 Å². The molecule has 0 N–H and O–H groups in total. The second kappa shape index (κ2) is 7.97. The molecule has 0 aliphatic heterocycles. The molecule has 0 saturated heterocycles. The van der Waals surface area contributed by atoms with E-state index in [0.717, 1.165) is 35.1 Å². The Morgan fingerprint density at radius 1 is 0.682 bits per heavy atom. The van der Waals surface area contributed by atoms with Crippen LogP contribution in [0.2, 0.25) is 0 Å². The fraction of sp³-hybridized carbons (Fsp3) is 0.556. The first-order chi connectivity index (χ1) is 10.4. The summed E-state index contributed by atoms with van der Waals surface area (Å²) in [6.45, 7) is 12.2. The number of hydrogen-bond acceptors (Lipinski definition) is 4. The largest absolute Gasteiger partial charge is 0.462 e. The third-order valence-electron chi connectivity index (χ3n) is 3.97. The molecule has 122 valence electrons. The summed E-state index contributed by atoms with van der Waals surface area (Å²) < 4.78 is 10.5. The van der Waals surface area contributed by atoms with Gasteiger partial charge in [-0.3, -0.25) is 0 Å². The number of benzene rings is 1. The van der Waals surface area contributed by atoms with Gasteiger partial charge in [0, 0.05) is 0 Å². The van der Waals surface area contributed by atoms with E-state index < -0.39 is 11.9 Å². The zero-order valence-electron chi connectivity index (χ0n) is 14.5. The van der Waals surface area contributed by atoms with Crippen molar-refractivity contribution in [2.75, 3.05) is 13.2 Å². The third kappa shape index (κ3) is 3.67. The highest BCUT2D eigenvalue weighted by Crippen LogP contribution is 2.28. The minimum Gasteiger partial charge on any atom is -0.462 e. The Hall–Kier alpha value is -1.84. The Bertz CT molecular complexity index is 522. The first-order valence-corrected chi connectivity index (χ1v) is 7.81. The number of carbonyl (C=O) groups is 2. The van der Waals surface area contributed by atoms with Crippen molar-refractivity contribution in [2.24, 2.45) is 0 Å². The standard InChI is InChI=1S/C18H26O4/c1-7-9-21-17(19)15-13(5)11(3)12(4)14(6)16(15)18(20)22-10-8-2/h7-10H2,1-6H3. The molecular weight excluding hydrogens is 280 g/mol. The van der Waals surface area contributed by atoms with Crippen LogP contribution in [0.25, 0.3) is 0 Å². The number of rotatable bonds is 6. The van der Waals surface area contributed by atoms with Gasteiger partial charge < -0.3 is 9.47 Å². The minimum atomic E-state index is -0.450. The van der Waals surface area contributed by atoms with Gasteiger partial charge in [-0.1, -0.05) is 13.8 Å². The second-order valence-electron chi connectivity index (χ2n) is 5.52. The number of ether oxygens (including phenoxy) is 2. The summed E-state index contributed by atoms with van der Waals surface area (Å²) >= 11 is 0. The molecule has 0 unspecified atom stereocenters. The highest BCUT2D eigenvalue weighted by atomic mass is 16.5. The molecule has 1 rings (SSSR count). The van der Waals surface area contributed by atoms with Crippen LogP contribution in [0.4, 0.5) is 0 Å². The molecule has 0 aliphatic rings. The molecule has 0 amide bonds. The van der Waals surface area contributed by atoms with E-state index >= 15 is 0 Å². The lowest BCUT2D eigenvalue weighted by atomic mass is 9.89. The van der Waals surface area contributed by atoms with Crippen molar-refractivity contribution in [1.29, 1.82) is 0 Å². The molecule has 0 atom stereocenters. The van der Waals surface area contributed by atoms with Gasteiger partial charge in [-0.05, 0) is 62.8 Å². The van der Waals surface area contributed by atoms with Crippen molar-refractivity contribution < 1.29 is 19.1 Å². The Balaban J connectivity index is 3.44.